The highest BCUT2D eigenvalue weighted by Gasteiger charge is 2.21. The van der Waals surface area contributed by atoms with Gasteiger partial charge < -0.3 is 19.4 Å². The van der Waals surface area contributed by atoms with Gasteiger partial charge in [-0.25, -0.2) is 0 Å². The summed E-state index contributed by atoms with van der Waals surface area (Å²) in [4.78, 5) is 25.7. The topological polar surface area (TPSA) is 86.6 Å². The molecule has 0 spiro atoms. The van der Waals surface area contributed by atoms with Crippen molar-refractivity contribution >= 4 is 45.2 Å². The van der Waals surface area contributed by atoms with Crippen LogP contribution in [0.5, 0.6) is 0 Å². The molecule has 1 saturated heterocycles. The molecule has 0 bridgehead atoms. The molecule has 1 unspecified atom stereocenters. The Balaban J connectivity index is 1.37. The molecule has 1 fully saturated rings. The number of nitrogens with one attached hydrogen (secondary N) is 1. The fourth-order valence-corrected chi connectivity index (χ4v) is 5.41. The van der Waals surface area contributed by atoms with E-state index in [1.54, 1.807) is 18.2 Å². The van der Waals surface area contributed by atoms with Crippen LogP contribution < -0.4 is 5.32 Å². The molecule has 1 amide bonds. The van der Waals surface area contributed by atoms with Gasteiger partial charge in [0.15, 0.2) is 0 Å². The number of esters is 1. The summed E-state index contributed by atoms with van der Waals surface area (Å²) in [6, 6.07) is 12.4. The maximum Gasteiger partial charge on any atom is 0.319 e. The molecule has 2 heterocycles. The van der Waals surface area contributed by atoms with Crippen molar-refractivity contribution in [3.8, 4) is 0 Å². The van der Waals surface area contributed by atoms with Crippen LogP contribution in [-0.4, -0.2) is 45.7 Å². The molecule has 2 atom stereocenters. The minimum absolute atomic E-state index is 0.165. The monoisotopic (exact) mass is 516 g/mol. The average Bonchev–Trinajstić information content (AvgIpc) is 3.16. The number of rotatable bonds is 7. The molecule has 35 heavy (non-hydrogen) atoms. The average molecular weight is 517 g/mol. The lowest BCUT2D eigenvalue weighted by molar-refractivity contribution is -0.149. The predicted octanol–water partition coefficient (Wildman–Crippen LogP) is 4.46. The second kappa shape index (κ2) is 10.9. The fraction of sp³-hybridized carbons (Fsp3) is 0.385. The molecule has 1 aliphatic rings. The number of hydrogen-bond acceptors (Lipinski definition) is 5. The zero-order valence-corrected chi connectivity index (χ0v) is 21.6. The molecule has 1 N–H and O–H groups in total. The molecule has 4 rings (SSSR count). The third kappa shape index (κ3) is 5.94. The van der Waals surface area contributed by atoms with E-state index in [0.29, 0.717) is 41.7 Å². The summed E-state index contributed by atoms with van der Waals surface area (Å²) in [5.74, 6) is -0.870. The van der Waals surface area contributed by atoms with Crippen molar-refractivity contribution < 1.29 is 23.3 Å². The van der Waals surface area contributed by atoms with Crippen LogP contribution in [0.3, 0.4) is 0 Å². The SMILES string of the molecule is Cc1cc(Cl)c2cc(C(=O)N[C@H](C)c3ccc(S(=O)CC(=O)OC4CCOCC4)cc3)n(C)c2c1. The van der Waals surface area contributed by atoms with Gasteiger partial charge in [0.1, 0.15) is 17.6 Å². The van der Waals surface area contributed by atoms with Crippen molar-refractivity contribution in [1.82, 2.24) is 9.88 Å². The lowest BCUT2D eigenvalue weighted by Gasteiger charge is -2.22. The standard InChI is InChI=1S/C26H29ClN2O5S/c1-16-12-22(27)21-14-24(29(3)23(21)13-16)26(31)28-17(2)18-4-6-20(7-5-18)35(32)15-25(30)34-19-8-10-33-11-9-19/h4-7,12-14,17,19H,8-11,15H2,1-3H3,(H,28,31)/t17-,35?/m1/s1. The van der Waals surface area contributed by atoms with Gasteiger partial charge in [0, 0.05) is 30.2 Å². The number of aromatic nitrogens is 1. The first kappa shape index (κ1) is 25.4. The number of amides is 1. The van der Waals surface area contributed by atoms with Crippen LogP contribution in [0, 0.1) is 6.92 Å². The highest BCUT2D eigenvalue weighted by Crippen LogP contribution is 2.28. The van der Waals surface area contributed by atoms with Gasteiger partial charge in [0.25, 0.3) is 5.91 Å². The Morgan fingerprint density at radius 3 is 2.57 bits per heavy atom. The van der Waals surface area contributed by atoms with Crippen LogP contribution in [0.15, 0.2) is 47.4 Å². The van der Waals surface area contributed by atoms with Gasteiger partial charge in [-0.15, -0.1) is 0 Å². The summed E-state index contributed by atoms with van der Waals surface area (Å²) >= 11 is 6.37. The summed E-state index contributed by atoms with van der Waals surface area (Å²) < 4.78 is 25.1. The minimum atomic E-state index is -1.51. The van der Waals surface area contributed by atoms with Crippen molar-refractivity contribution in [3.63, 3.8) is 0 Å². The number of halogens is 1. The van der Waals surface area contributed by atoms with E-state index in [-0.39, 0.29) is 23.8 Å². The van der Waals surface area contributed by atoms with Crippen molar-refractivity contribution in [2.24, 2.45) is 7.05 Å². The van der Waals surface area contributed by atoms with Crippen LogP contribution in [-0.2, 0) is 32.1 Å². The number of carbonyl (C=O) groups excluding carboxylic acids is 2. The molecule has 2 aromatic carbocycles. The van der Waals surface area contributed by atoms with E-state index in [1.807, 2.05) is 49.7 Å². The van der Waals surface area contributed by atoms with Crippen molar-refractivity contribution in [2.75, 3.05) is 19.0 Å². The summed E-state index contributed by atoms with van der Waals surface area (Å²) in [5.41, 5.74) is 3.30. The predicted molar refractivity (Wildman–Crippen MR) is 136 cm³/mol. The van der Waals surface area contributed by atoms with Gasteiger partial charge in [-0.1, -0.05) is 23.7 Å². The van der Waals surface area contributed by atoms with Crippen LogP contribution in [0.1, 0.15) is 47.4 Å². The van der Waals surface area contributed by atoms with Crippen molar-refractivity contribution in [1.29, 1.82) is 0 Å². The smallest absolute Gasteiger partial charge is 0.319 e. The van der Waals surface area contributed by atoms with Gasteiger partial charge >= 0.3 is 5.97 Å². The maximum absolute atomic E-state index is 13.0. The Hall–Kier alpha value is -2.68. The first-order chi connectivity index (χ1) is 16.7. The summed E-state index contributed by atoms with van der Waals surface area (Å²) in [6.45, 7) is 5.00. The number of fused-ring (bicyclic) bond motifs is 1. The zero-order chi connectivity index (χ0) is 25.1. The molecule has 186 valence electrons. The Kier molecular flexibility index (Phi) is 7.94. The van der Waals surface area contributed by atoms with Crippen molar-refractivity contribution in [2.45, 2.75) is 43.7 Å². The number of aryl methyl sites for hydroxylation is 2. The molecule has 9 heteroatoms. The van der Waals surface area contributed by atoms with Crippen molar-refractivity contribution in [3.05, 3.63) is 64.3 Å². The molecule has 0 radical (unpaired) electrons. The third-order valence-corrected chi connectivity index (χ3v) is 7.80. The first-order valence-electron chi connectivity index (χ1n) is 11.5. The van der Waals surface area contributed by atoms with Crippen LogP contribution in [0.4, 0.5) is 0 Å². The van der Waals surface area contributed by atoms with Crippen LogP contribution in [0.2, 0.25) is 5.02 Å². The largest absolute Gasteiger partial charge is 0.461 e. The lowest BCUT2D eigenvalue weighted by atomic mass is 10.1. The van der Waals surface area contributed by atoms with E-state index in [1.165, 1.54) is 0 Å². The summed E-state index contributed by atoms with van der Waals surface area (Å²) in [6.07, 6.45) is 1.17. The number of ether oxygens (including phenoxy) is 2. The molecule has 3 aromatic rings. The molecular formula is C26H29ClN2O5S. The normalized spacial score (nSPS) is 16.1. The molecule has 1 aliphatic heterocycles. The van der Waals surface area contributed by atoms with Crippen LogP contribution >= 0.6 is 11.6 Å². The van der Waals surface area contributed by atoms with E-state index in [0.717, 1.165) is 22.0 Å². The van der Waals surface area contributed by atoms with E-state index < -0.39 is 16.8 Å². The third-order valence-electron chi connectivity index (χ3n) is 6.19. The van der Waals surface area contributed by atoms with Gasteiger partial charge in [0.2, 0.25) is 0 Å². The fourth-order valence-electron chi connectivity index (χ4n) is 4.20. The second-order valence-corrected chi connectivity index (χ2v) is 10.7. The Labute approximate surface area is 212 Å². The second-order valence-electron chi connectivity index (χ2n) is 8.82. The molecule has 7 nitrogen and oxygen atoms in total. The minimum Gasteiger partial charge on any atom is -0.461 e. The molecular weight excluding hydrogens is 488 g/mol. The van der Waals surface area contributed by atoms with E-state index >= 15 is 0 Å². The molecule has 1 aromatic heterocycles. The highest BCUT2D eigenvalue weighted by molar-refractivity contribution is 7.85. The summed E-state index contributed by atoms with van der Waals surface area (Å²) in [5, 5.41) is 4.46. The van der Waals surface area contributed by atoms with Gasteiger partial charge in [-0.3, -0.25) is 13.8 Å². The summed E-state index contributed by atoms with van der Waals surface area (Å²) in [7, 11) is 0.337. The number of nitrogens with zero attached hydrogens (tertiary/aromatic N) is 1. The number of hydrogen-bond donors (Lipinski definition) is 1. The van der Waals surface area contributed by atoms with Crippen LogP contribution in [0.25, 0.3) is 10.9 Å². The zero-order valence-electron chi connectivity index (χ0n) is 20.0. The lowest BCUT2D eigenvalue weighted by Crippen LogP contribution is -2.28. The highest BCUT2D eigenvalue weighted by atomic mass is 35.5. The molecule has 0 saturated carbocycles. The van der Waals surface area contributed by atoms with Gasteiger partial charge in [-0.2, -0.15) is 0 Å². The van der Waals surface area contributed by atoms with Gasteiger partial charge in [-0.05, 0) is 55.3 Å². The Morgan fingerprint density at radius 2 is 1.89 bits per heavy atom. The Bertz CT molecular complexity index is 1260. The van der Waals surface area contributed by atoms with E-state index in [9.17, 15) is 13.8 Å². The maximum atomic E-state index is 13.0. The number of carbonyl (C=O) groups is 2. The quantitative estimate of drug-likeness (QED) is 0.468. The van der Waals surface area contributed by atoms with Gasteiger partial charge in [0.05, 0.1) is 40.6 Å². The molecule has 0 aliphatic carbocycles. The van der Waals surface area contributed by atoms with E-state index in [2.05, 4.69) is 5.32 Å². The Morgan fingerprint density at radius 1 is 1.20 bits per heavy atom. The first-order valence-corrected chi connectivity index (χ1v) is 13.2. The van der Waals surface area contributed by atoms with E-state index in [4.69, 9.17) is 21.1 Å². The number of benzene rings is 2.